The lowest BCUT2D eigenvalue weighted by Crippen LogP contribution is -2.41. The molecule has 0 radical (unpaired) electrons. The smallest absolute Gasteiger partial charge is 0.144 e. The van der Waals surface area contributed by atoms with Gasteiger partial charge in [0.1, 0.15) is 11.2 Å². The van der Waals surface area contributed by atoms with Crippen molar-refractivity contribution in [2.24, 2.45) is 5.92 Å². The molecule has 2 aromatic carbocycles. The van der Waals surface area contributed by atoms with Crippen LogP contribution in [0.25, 0.3) is 33.2 Å². The summed E-state index contributed by atoms with van der Waals surface area (Å²) in [7, 11) is -1.77. The fourth-order valence-corrected chi connectivity index (χ4v) is 5.96. The molecule has 2 nitrogen and oxygen atoms in total. The zero-order valence-electron chi connectivity index (χ0n) is 19.5. The van der Waals surface area contributed by atoms with Crippen molar-refractivity contribution in [1.82, 2.24) is 4.98 Å². The van der Waals surface area contributed by atoms with Gasteiger partial charge >= 0.3 is 0 Å². The second kappa shape index (κ2) is 7.14. The van der Waals surface area contributed by atoms with Gasteiger partial charge in [0.25, 0.3) is 0 Å². The van der Waals surface area contributed by atoms with Crippen LogP contribution in [0.4, 0.5) is 0 Å². The summed E-state index contributed by atoms with van der Waals surface area (Å²) in [4.78, 5) is 4.84. The molecule has 0 saturated heterocycles. The third kappa shape index (κ3) is 3.42. The van der Waals surface area contributed by atoms with E-state index < -0.39 is 14.4 Å². The largest absolute Gasteiger partial charge is 0.455 e. The molecule has 1 fully saturated rings. The van der Waals surface area contributed by atoms with Crippen molar-refractivity contribution in [1.29, 1.82) is 0 Å². The summed E-state index contributed by atoms with van der Waals surface area (Å²) < 4.78 is 24.5. The number of furan rings is 1. The molecule has 0 atom stereocenters. The molecule has 2 heterocycles. The van der Waals surface area contributed by atoms with Crippen molar-refractivity contribution < 1.29 is 7.16 Å². The number of hydrogen-bond acceptors (Lipinski definition) is 2. The molecule has 1 saturated carbocycles. The summed E-state index contributed by atoms with van der Waals surface area (Å²) in [5.74, 6) is 0.0832. The van der Waals surface area contributed by atoms with Gasteiger partial charge < -0.3 is 4.42 Å². The van der Waals surface area contributed by atoms with Crippen molar-refractivity contribution in [2.45, 2.75) is 51.7 Å². The summed E-state index contributed by atoms with van der Waals surface area (Å²) in [5, 5.41) is 3.30. The standard InChI is InChI=1S/C26H29NOSi/c1-29(2,3)25-17-27-23(16-19(25)15-18-9-4-5-10-18)22-13-8-12-21-20-11-6-7-14-24(20)28-26(21)22/h6-8,11-14,16-18H,4-5,9-10,15H2,1-3H3/i15D2. The molecule has 29 heavy (non-hydrogen) atoms. The molecule has 4 aromatic rings. The predicted octanol–water partition coefficient (Wildman–Crippen LogP) is 6.93. The molecule has 2 aromatic heterocycles. The highest BCUT2D eigenvalue weighted by Gasteiger charge is 2.25. The van der Waals surface area contributed by atoms with Crippen LogP contribution in [-0.2, 0) is 6.37 Å². The molecule has 3 heteroatoms. The van der Waals surface area contributed by atoms with E-state index in [-0.39, 0.29) is 5.92 Å². The Morgan fingerprint density at radius 2 is 1.79 bits per heavy atom. The SMILES string of the molecule is [2H]C([2H])(c1cc(-c2cccc3c2oc2ccccc23)ncc1[Si](C)(C)C)C1CCCC1. The van der Waals surface area contributed by atoms with E-state index >= 15 is 0 Å². The molecular weight excluding hydrogens is 370 g/mol. The van der Waals surface area contributed by atoms with Crippen molar-refractivity contribution in [3.8, 4) is 11.3 Å². The van der Waals surface area contributed by atoms with Crippen LogP contribution in [0, 0.1) is 5.92 Å². The first-order chi connectivity index (χ1) is 14.8. The molecule has 0 N–H and O–H groups in total. The van der Waals surface area contributed by atoms with E-state index in [1.807, 2.05) is 42.6 Å². The lowest BCUT2D eigenvalue weighted by atomic mass is 9.97. The summed E-state index contributed by atoms with van der Waals surface area (Å²) in [6.45, 7) is 6.83. The number of fused-ring (bicyclic) bond motifs is 3. The third-order valence-corrected chi connectivity index (χ3v) is 8.12. The fraction of sp³-hybridized carbons (Fsp3) is 0.346. The Bertz CT molecular complexity index is 1270. The molecule has 1 aliphatic carbocycles. The highest BCUT2D eigenvalue weighted by atomic mass is 28.3. The molecule has 148 valence electrons. The molecule has 0 amide bonds. The van der Waals surface area contributed by atoms with E-state index in [4.69, 9.17) is 12.1 Å². The first-order valence-corrected chi connectivity index (χ1v) is 14.2. The normalized spacial score (nSPS) is 17.1. The maximum absolute atomic E-state index is 9.13. The van der Waals surface area contributed by atoms with Gasteiger partial charge in [0.2, 0.25) is 0 Å². The van der Waals surface area contributed by atoms with Crippen LogP contribution in [0.5, 0.6) is 0 Å². The number of aromatic nitrogens is 1. The Morgan fingerprint density at radius 1 is 1.03 bits per heavy atom. The van der Waals surface area contributed by atoms with Gasteiger partial charge in [0, 0.05) is 25.3 Å². The van der Waals surface area contributed by atoms with Gasteiger partial charge in [-0.2, -0.15) is 0 Å². The molecule has 0 spiro atoms. The van der Waals surface area contributed by atoms with Crippen LogP contribution in [0.3, 0.4) is 0 Å². The zero-order valence-corrected chi connectivity index (χ0v) is 18.5. The van der Waals surface area contributed by atoms with Crippen LogP contribution in [0.2, 0.25) is 19.6 Å². The van der Waals surface area contributed by atoms with E-state index in [0.717, 1.165) is 69.6 Å². The summed E-state index contributed by atoms with van der Waals surface area (Å²) in [6.07, 6.45) is 4.80. The van der Waals surface area contributed by atoms with E-state index in [2.05, 4.69) is 31.8 Å². The minimum atomic E-state index is -1.77. The Kier molecular flexibility index (Phi) is 4.04. The highest BCUT2D eigenvalue weighted by Crippen LogP contribution is 2.35. The number of hydrogen-bond donors (Lipinski definition) is 0. The summed E-state index contributed by atoms with van der Waals surface area (Å²) >= 11 is 0. The molecule has 0 bridgehead atoms. The van der Waals surface area contributed by atoms with Crippen LogP contribution >= 0.6 is 0 Å². The predicted molar refractivity (Wildman–Crippen MR) is 126 cm³/mol. The highest BCUT2D eigenvalue weighted by molar-refractivity contribution is 6.89. The fourth-order valence-electron chi connectivity index (χ4n) is 4.56. The van der Waals surface area contributed by atoms with E-state index in [1.54, 1.807) is 0 Å². The lowest BCUT2D eigenvalue weighted by Gasteiger charge is -2.23. The second-order valence-corrected chi connectivity index (χ2v) is 14.3. The van der Waals surface area contributed by atoms with Gasteiger partial charge in [-0.25, -0.2) is 0 Å². The van der Waals surface area contributed by atoms with Crippen LogP contribution in [0.15, 0.2) is 59.1 Å². The minimum Gasteiger partial charge on any atom is -0.455 e. The number of nitrogens with zero attached hydrogens (tertiary/aromatic N) is 1. The first kappa shape index (κ1) is 16.4. The molecule has 1 aliphatic rings. The second-order valence-electron chi connectivity index (χ2n) is 9.27. The number of para-hydroxylation sites is 2. The zero-order chi connectivity index (χ0) is 21.8. The van der Waals surface area contributed by atoms with Gasteiger partial charge in [0.15, 0.2) is 0 Å². The maximum Gasteiger partial charge on any atom is 0.144 e. The van der Waals surface area contributed by atoms with E-state index in [1.165, 1.54) is 0 Å². The maximum atomic E-state index is 9.13. The van der Waals surface area contributed by atoms with Crippen LogP contribution in [-0.4, -0.2) is 13.1 Å². The minimum absolute atomic E-state index is 0.0832. The molecular formula is C26H29NOSi. The Balaban J connectivity index is 1.73. The topological polar surface area (TPSA) is 26.0 Å². The average Bonchev–Trinajstić information content (AvgIpc) is 3.41. The van der Waals surface area contributed by atoms with Crippen LogP contribution < -0.4 is 5.19 Å². The third-order valence-electron chi connectivity index (χ3n) is 6.11. The summed E-state index contributed by atoms with van der Waals surface area (Å²) in [5.41, 5.74) is 4.26. The van der Waals surface area contributed by atoms with E-state index in [0.29, 0.717) is 0 Å². The molecule has 0 unspecified atom stereocenters. The number of rotatable bonds is 4. The Labute approximate surface area is 176 Å². The first-order valence-electron chi connectivity index (χ1n) is 11.7. The van der Waals surface area contributed by atoms with Gasteiger partial charge in [0.05, 0.1) is 13.8 Å². The number of pyridine rings is 1. The Morgan fingerprint density at radius 3 is 2.59 bits per heavy atom. The molecule has 5 rings (SSSR count). The van der Waals surface area contributed by atoms with E-state index in [9.17, 15) is 0 Å². The quantitative estimate of drug-likeness (QED) is 0.347. The van der Waals surface area contributed by atoms with Gasteiger partial charge in [-0.05, 0) is 41.2 Å². The summed E-state index contributed by atoms with van der Waals surface area (Å²) in [6, 6.07) is 16.3. The van der Waals surface area contributed by atoms with Gasteiger partial charge in [-0.3, -0.25) is 4.98 Å². The molecule has 0 aliphatic heterocycles. The van der Waals surface area contributed by atoms with Crippen molar-refractivity contribution in [3.63, 3.8) is 0 Å². The van der Waals surface area contributed by atoms with Gasteiger partial charge in [-0.15, -0.1) is 0 Å². The average molecular weight is 402 g/mol. The lowest BCUT2D eigenvalue weighted by molar-refractivity contribution is 0.547. The van der Waals surface area contributed by atoms with Crippen molar-refractivity contribution in [2.75, 3.05) is 0 Å². The monoisotopic (exact) mass is 401 g/mol. The Hall–Kier alpha value is -2.39. The van der Waals surface area contributed by atoms with Crippen LogP contribution in [0.1, 0.15) is 34.0 Å². The van der Waals surface area contributed by atoms with Crippen molar-refractivity contribution in [3.05, 3.63) is 60.3 Å². The van der Waals surface area contributed by atoms with Gasteiger partial charge in [-0.1, -0.05) is 75.7 Å². The van der Waals surface area contributed by atoms with Crippen molar-refractivity contribution >= 4 is 35.2 Å². The number of benzene rings is 2.